The van der Waals surface area contributed by atoms with Gasteiger partial charge in [-0.2, -0.15) is 0 Å². The average Bonchev–Trinajstić information content (AvgIpc) is 1.96. The van der Waals surface area contributed by atoms with Crippen LogP contribution in [0.3, 0.4) is 0 Å². The van der Waals surface area contributed by atoms with E-state index < -0.39 is 4.33 Å². The second-order valence-corrected chi connectivity index (χ2v) is 3.99. The van der Waals surface area contributed by atoms with Crippen molar-refractivity contribution < 1.29 is 9.53 Å². The van der Waals surface area contributed by atoms with E-state index in [4.69, 9.17) is 39.5 Å². The van der Waals surface area contributed by atoms with Crippen molar-refractivity contribution in [1.29, 1.82) is 0 Å². The Bertz CT molecular complexity index is 278. The highest BCUT2D eigenvalue weighted by molar-refractivity contribution is 6.55. The fraction of sp³-hybridized carbons (Fsp3) is 0.286. The van der Waals surface area contributed by atoms with Gasteiger partial charge in [-0.3, -0.25) is 4.79 Å². The molecule has 1 rings (SSSR count). The zero-order valence-corrected chi connectivity index (χ0v) is 8.37. The van der Waals surface area contributed by atoms with E-state index in [0.29, 0.717) is 0 Å². The van der Waals surface area contributed by atoms with Crippen LogP contribution in [0.4, 0.5) is 0 Å². The van der Waals surface area contributed by atoms with Gasteiger partial charge in [-0.1, -0.05) is 34.8 Å². The first-order chi connectivity index (χ1) is 5.47. The van der Waals surface area contributed by atoms with Gasteiger partial charge in [0, 0.05) is 6.08 Å². The molecule has 0 aromatic rings. The van der Waals surface area contributed by atoms with Crippen molar-refractivity contribution in [2.24, 2.45) is 0 Å². The molecule has 12 heavy (non-hydrogen) atoms. The van der Waals surface area contributed by atoms with Crippen molar-refractivity contribution in [3.63, 3.8) is 0 Å². The highest BCUT2D eigenvalue weighted by atomic mass is 35.5. The number of allylic oxidation sites excluding steroid dienone is 3. The number of halogens is 3. The second-order valence-electron chi connectivity index (χ2n) is 2.19. The van der Waals surface area contributed by atoms with Crippen LogP contribution < -0.4 is 0 Å². The topological polar surface area (TPSA) is 26.3 Å². The van der Waals surface area contributed by atoms with Crippen LogP contribution in [0.1, 0.15) is 0 Å². The maximum absolute atomic E-state index is 11.0. The van der Waals surface area contributed by atoms with Gasteiger partial charge in [0.05, 0.1) is 12.1 Å². The molecule has 66 valence electrons. The summed E-state index contributed by atoms with van der Waals surface area (Å²) < 4.78 is 3.46. The molecular formula is C7H5Cl3O2. The summed E-state index contributed by atoms with van der Waals surface area (Å²) in [6.07, 6.45) is 2.40. The standard InChI is InChI=1S/C7H5Cl3O2/c1-12-6-2-5(11)4(8)3-7(6,9)10/h2-3H,1H3. The minimum Gasteiger partial charge on any atom is -0.497 e. The number of hydrogen-bond donors (Lipinski definition) is 0. The lowest BCUT2D eigenvalue weighted by Gasteiger charge is -2.21. The largest absolute Gasteiger partial charge is 0.497 e. The summed E-state index contributed by atoms with van der Waals surface area (Å²) >= 11 is 17.0. The van der Waals surface area contributed by atoms with Crippen molar-refractivity contribution in [2.45, 2.75) is 4.33 Å². The molecule has 0 saturated carbocycles. The van der Waals surface area contributed by atoms with E-state index >= 15 is 0 Å². The molecular weight excluding hydrogens is 222 g/mol. The monoisotopic (exact) mass is 226 g/mol. The molecule has 0 saturated heterocycles. The molecule has 0 aliphatic heterocycles. The fourth-order valence-corrected chi connectivity index (χ4v) is 1.59. The number of methoxy groups -OCH3 is 1. The molecule has 0 N–H and O–H groups in total. The Morgan fingerprint density at radius 1 is 1.50 bits per heavy atom. The Labute approximate surface area is 84.7 Å². The van der Waals surface area contributed by atoms with Crippen molar-refractivity contribution in [1.82, 2.24) is 0 Å². The lowest BCUT2D eigenvalue weighted by molar-refractivity contribution is -0.111. The third kappa shape index (κ3) is 1.76. The Hall–Kier alpha value is -0.180. The SMILES string of the molecule is COC1=CC(=O)C(Cl)=CC1(Cl)Cl. The quantitative estimate of drug-likeness (QED) is 0.643. The van der Waals surface area contributed by atoms with Crippen LogP contribution in [0.15, 0.2) is 22.9 Å². The summed E-state index contributed by atoms with van der Waals surface area (Å²) in [6, 6.07) is 0. The van der Waals surface area contributed by atoms with Gasteiger partial charge < -0.3 is 4.74 Å². The summed E-state index contributed by atoms with van der Waals surface area (Å²) in [4.78, 5) is 11.0. The van der Waals surface area contributed by atoms with Crippen LogP contribution in [-0.4, -0.2) is 17.2 Å². The highest BCUT2D eigenvalue weighted by Gasteiger charge is 2.33. The van der Waals surface area contributed by atoms with Crippen LogP contribution in [0.25, 0.3) is 0 Å². The van der Waals surface area contributed by atoms with Crippen molar-refractivity contribution in [3.8, 4) is 0 Å². The minimum atomic E-state index is -1.33. The van der Waals surface area contributed by atoms with Gasteiger partial charge in [-0.25, -0.2) is 0 Å². The van der Waals surface area contributed by atoms with E-state index in [1.807, 2.05) is 0 Å². The predicted molar refractivity (Wildman–Crippen MR) is 48.5 cm³/mol. The molecule has 0 aromatic heterocycles. The Morgan fingerprint density at radius 3 is 2.58 bits per heavy atom. The zero-order chi connectivity index (χ0) is 9.35. The molecule has 0 amide bonds. The lowest BCUT2D eigenvalue weighted by atomic mass is 10.1. The molecule has 0 aromatic carbocycles. The minimum absolute atomic E-state index is 0.000741. The maximum Gasteiger partial charge on any atom is 0.200 e. The molecule has 5 heteroatoms. The van der Waals surface area contributed by atoms with Crippen molar-refractivity contribution in [3.05, 3.63) is 22.9 Å². The average molecular weight is 227 g/mol. The molecule has 0 unspecified atom stereocenters. The molecule has 0 heterocycles. The lowest BCUT2D eigenvalue weighted by Crippen LogP contribution is -2.21. The summed E-state index contributed by atoms with van der Waals surface area (Å²) in [5, 5.41) is 0.000741. The third-order valence-corrected chi connectivity index (χ3v) is 2.24. The Kier molecular flexibility index (Phi) is 2.71. The van der Waals surface area contributed by atoms with Gasteiger partial charge in [0.25, 0.3) is 0 Å². The molecule has 1 aliphatic rings. The van der Waals surface area contributed by atoms with E-state index in [0.717, 1.165) is 0 Å². The second kappa shape index (κ2) is 3.29. The van der Waals surface area contributed by atoms with Gasteiger partial charge in [0.15, 0.2) is 10.1 Å². The van der Waals surface area contributed by atoms with Gasteiger partial charge in [-0.15, -0.1) is 0 Å². The highest BCUT2D eigenvalue weighted by Crippen LogP contribution is 2.37. The molecule has 0 fully saturated rings. The van der Waals surface area contributed by atoms with E-state index in [-0.39, 0.29) is 16.6 Å². The molecule has 2 nitrogen and oxygen atoms in total. The first-order valence-electron chi connectivity index (χ1n) is 3.04. The van der Waals surface area contributed by atoms with Gasteiger partial charge in [0.1, 0.15) is 5.76 Å². The summed E-state index contributed by atoms with van der Waals surface area (Å²) in [5.74, 6) is -0.175. The van der Waals surface area contributed by atoms with Crippen molar-refractivity contribution in [2.75, 3.05) is 7.11 Å². The normalized spacial score (nSPS) is 21.5. The van der Waals surface area contributed by atoms with Gasteiger partial charge in [-0.05, 0) is 6.08 Å². The van der Waals surface area contributed by atoms with Crippen LogP contribution in [0, 0.1) is 0 Å². The number of rotatable bonds is 1. The van der Waals surface area contributed by atoms with Gasteiger partial charge in [0.2, 0.25) is 0 Å². The zero-order valence-electron chi connectivity index (χ0n) is 6.11. The van der Waals surface area contributed by atoms with E-state index in [1.54, 1.807) is 0 Å². The first kappa shape index (κ1) is 9.90. The summed E-state index contributed by atoms with van der Waals surface area (Å²) in [6.45, 7) is 0. The number of ketones is 1. The number of alkyl halides is 2. The Balaban J connectivity index is 3.06. The number of hydrogen-bond acceptors (Lipinski definition) is 2. The first-order valence-corrected chi connectivity index (χ1v) is 4.17. The molecule has 1 aliphatic carbocycles. The van der Waals surface area contributed by atoms with Crippen LogP contribution in [0.2, 0.25) is 0 Å². The van der Waals surface area contributed by atoms with Crippen LogP contribution >= 0.6 is 34.8 Å². The number of carbonyl (C=O) groups excluding carboxylic acids is 1. The maximum atomic E-state index is 11.0. The number of carbonyl (C=O) groups is 1. The third-order valence-electron chi connectivity index (χ3n) is 1.35. The Morgan fingerprint density at radius 2 is 2.08 bits per heavy atom. The molecule has 0 spiro atoms. The summed E-state index contributed by atoms with van der Waals surface area (Å²) in [7, 11) is 1.38. The van der Waals surface area contributed by atoms with Gasteiger partial charge >= 0.3 is 0 Å². The number of ether oxygens (including phenoxy) is 1. The fourth-order valence-electron chi connectivity index (χ4n) is 0.781. The molecule has 0 atom stereocenters. The van der Waals surface area contributed by atoms with Crippen LogP contribution in [-0.2, 0) is 9.53 Å². The predicted octanol–water partition coefficient (Wildman–Crippen LogP) is 2.40. The summed E-state index contributed by atoms with van der Waals surface area (Å²) in [5.41, 5.74) is 0. The van der Waals surface area contributed by atoms with Crippen LogP contribution in [0.5, 0.6) is 0 Å². The smallest absolute Gasteiger partial charge is 0.200 e. The molecule has 0 bridgehead atoms. The molecule has 0 radical (unpaired) electrons. The van der Waals surface area contributed by atoms with E-state index in [2.05, 4.69) is 0 Å². The van der Waals surface area contributed by atoms with E-state index in [9.17, 15) is 4.79 Å². The van der Waals surface area contributed by atoms with Crippen molar-refractivity contribution >= 4 is 40.6 Å². The van der Waals surface area contributed by atoms with E-state index in [1.165, 1.54) is 19.3 Å².